The van der Waals surface area contributed by atoms with E-state index in [1.165, 1.54) is 23.6 Å². The molecule has 10 nitrogen and oxygen atoms in total. The van der Waals surface area contributed by atoms with E-state index in [-0.39, 0.29) is 12.3 Å². The molecule has 0 aromatic heterocycles. The summed E-state index contributed by atoms with van der Waals surface area (Å²) in [5.41, 5.74) is 5.68. The summed E-state index contributed by atoms with van der Waals surface area (Å²) >= 11 is 1.51. The van der Waals surface area contributed by atoms with Gasteiger partial charge in [0, 0.05) is 6.54 Å². The lowest BCUT2D eigenvalue weighted by Crippen LogP contribution is -2.58. The maximum Gasteiger partial charge on any atom is 0.326 e. The Morgan fingerprint density at radius 1 is 1.16 bits per heavy atom. The Hall–Kier alpha value is -1.85. The molecular formula is C20H36N4O6S. The molecule has 0 aliphatic carbocycles. The van der Waals surface area contributed by atoms with Gasteiger partial charge in [0.05, 0.1) is 6.10 Å². The molecule has 0 bridgehead atoms. The Labute approximate surface area is 187 Å². The van der Waals surface area contributed by atoms with Crippen LogP contribution < -0.4 is 16.4 Å². The van der Waals surface area contributed by atoms with Gasteiger partial charge in [-0.3, -0.25) is 14.4 Å². The third-order valence-electron chi connectivity index (χ3n) is 5.21. The fourth-order valence-corrected chi connectivity index (χ4v) is 3.92. The van der Waals surface area contributed by atoms with Crippen LogP contribution in [0.25, 0.3) is 0 Å². The van der Waals surface area contributed by atoms with Crippen molar-refractivity contribution >= 4 is 35.5 Å². The number of carboxylic acids is 1. The average molecular weight is 461 g/mol. The summed E-state index contributed by atoms with van der Waals surface area (Å²) < 4.78 is 0. The van der Waals surface area contributed by atoms with Crippen molar-refractivity contribution in [2.45, 2.75) is 76.7 Å². The number of aliphatic hydroxyl groups excluding tert-OH is 1. The van der Waals surface area contributed by atoms with Crippen LogP contribution >= 0.6 is 11.8 Å². The predicted octanol–water partition coefficient (Wildman–Crippen LogP) is -0.461. The minimum absolute atomic E-state index is 0.0759. The van der Waals surface area contributed by atoms with Crippen molar-refractivity contribution in [1.82, 2.24) is 15.5 Å². The molecule has 5 unspecified atom stereocenters. The lowest BCUT2D eigenvalue weighted by Gasteiger charge is -2.30. The molecule has 0 aromatic rings. The summed E-state index contributed by atoms with van der Waals surface area (Å²) in [6.07, 6.45) is 2.44. The SMILES string of the molecule is CSCCC(NC(=O)C(N)C(C)O)C(=O)N1CCCC1C(=O)NC(CC(C)C)C(=O)O. The van der Waals surface area contributed by atoms with E-state index in [4.69, 9.17) is 5.73 Å². The predicted molar refractivity (Wildman–Crippen MR) is 118 cm³/mol. The molecular weight excluding hydrogens is 424 g/mol. The molecule has 31 heavy (non-hydrogen) atoms. The average Bonchev–Trinajstić information content (AvgIpc) is 3.18. The number of carbonyl (C=O) groups is 4. The number of likely N-dealkylation sites (tertiary alicyclic amines) is 1. The van der Waals surface area contributed by atoms with Crippen molar-refractivity contribution in [3.05, 3.63) is 0 Å². The van der Waals surface area contributed by atoms with E-state index in [1.807, 2.05) is 20.1 Å². The van der Waals surface area contributed by atoms with E-state index < -0.39 is 54.0 Å². The van der Waals surface area contributed by atoms with Crippen LogP contribution in [0, 0.1) is 5.92 Å². The highest BCUT2D eigenvalue weighted by Gasteiger charge is 2.39. The number of aliphatic carboxylic acids is 1. The number of nitrogens with two attached hydrogens (primary N) is 1. The number of carbonyl (C=O) groups excluding carboxylic acids is 3. The van der Waals surface area contributed by atoms with Gasteiger partial charge in [0.25, 0.3) is 0 Å². The van der Waals surface area contributed by atoms with Gasteiger partial charge < -0.3 is 31.5 Å². The number of aliphatic hydroxyl groups is 1. The molecule has 5 atom stereocenters. The minimum atomic E-state index is -1.17. The first kappa shape index (κ1) is 27.2. The van der Waals surface area contributed by atoms with E-state index in [1.54, 1.807) is 0 Å². The Morgan fingerprint density at radius 2 is 1.81 bits per heavy atom. The molecule has 1 heterocycles. The van der Waals surface area contributed by atoms with E-state index in [0.717, 1.165) is 0 Å². The number of amides is 3. The van der Waals surface area contributed by atoms with Crippen molar-refractivity contribution in [3.63, 3.8) is 0 Å². The highest BCUT2D eigenvalue weighted by atomic mass is 32.2. The second kappa shape index (κ2) is 12.9. The van der Waals surface area contributed by atoms with Gasteiger partial charge in [0.2, 0.25) is 17.7 Å². The van der Waals surface area contributed by atoms with Crippen molar-refractivity contribution in [1.29, 1.82) is 0 Å². The van der Waals surface area contributed by atoms with Gasteiger partial charge >= 0.3 is 5.97 Å². The van der Waals surface area contributed by atoms with Crippen molar-refractivity contribution in [3.8, 4) is 0 Å². The lowest BCUT2D eigenvalue weighted by atomic mass is 10.0. The first-order chi connectivity index (χ1) is 14.5. The minimum Gasteiger partial charge on any atom is -0.480 e. The summed E-state index contributed by atoms with van der Waals surface area (Å²) in [5.74, 6) is -2.00. The number of thioether (sulfide) groups is 1. The molecule has 1 aliphatic heterocycles. The molecule has 1 saturated heterocycles. The van der Waals surface area contributed by atoms with Crippen LogP contribution in [0.3, 0.4) is 0 Å². The lowest BCUT2D eigenvalue weighted by molar-refractivity contribution is -0.145. The first-order valence-electron chi connectivity index (χ1n) is 10.6. The van der Waals surface area contributed by atoms with Gasteiger partial charge in [-0.15, -0.1) is 0 Å². The zero-order valence-corrected chi connectivity index (χ0v) is 19.5. The fraction of sp³-hybridized carbons (Fsp3) is 0.800. The Bertz CT molecular complexity index is 645. The molecule has 0 aromatic carbocycles. The largest absolute Gasteiger partial charge is 0.480 e. The summed E-state index contributed by atoms with van der Waals surface area (Å²) in [6.45, 7) is 5.46. The van der Waals surface area contributed by atoms with Crippen molar-refractivity contribution in [2.24, 2.45) is 11.7 Å². The number of rotatable bonds is 12. The number of hydrogen-bond donors (Lipinski definition) is 5. The third kappa shape index (κ3) is 8.30. The topological polar surface area (TPSA) is 162 Å². The van der Waals surface area contributed by atoms with Crippen LogP contribution in [-0.2, 0) is 19.2 Å². The normalized spacial score (nSPS) is 20.1. The monoisotopic (exact) mass is 460 g/mol. The van der Waals surface area contributed by atoms with Gasteiger partial charge in [-0.25, -0.2) is 4.79 Å². The molecule has 3 amide bonds. The second-order valence-corrected chi connectivity index (χ2v) is 9.31. The Balaban J connectivity index is 2.93. The summed E-state index contributed by atoms with van der Waals surface area (Å²) in [5, 5.41) is 24.1. The smallest absolute Gasteiger partial charge is 0.326 e. The molecule has 1 rings (SSSR count). The van der Waals surface area contributed by atoms with Gasteiger partial charge in [-0.05, 0) is 50.5 Å². The second-order valence-electron chi connectivity index (χ2n) is 8.33. The van der Waals surface area contributed by atoms with E-state index in [0.29, 0.717) is 31.6 Å². The van der Waals surface area contributed by atoms with Crippen molar-refractivity contribution < 1.29 is 29.4 Å². The van der Waals surface area contributed by atoms with Gasteiger partial charge in [0.1, 0.15) is 24.2 Å². The van der Waals surface area contributed by atoms with E-state index in [9.17, 15) is 29.4 Å². The maximum atomic E-state index is 13.2. The maximum absolute atomic E-state index is 13.2. The van der Waals surface area contributed by atoms with Crippen LogP contribution in [0.15, 0.2) is 0 Å². The van der Waals surface area contributed by atoms with Crippen LogP contribution in [-0.4, -0.2) is 87.6 Å². The van der Waals surface area contributed by atoms with Crippen LogP contribution in [0.5, 0.6) is 0 Å². The summed E-state index contributed by atoms with van der Waals surface area (Å²) in [6, 6.07) is -3.87. The molecule has 11 heteroatoms. The molecule has 0 radical (unpaired) electrons. The van der Waals surface area contributed by atoms with E-state index >= 15 is 0 Å². The zero-order valence-electron chi connectivity index (χ0n) is 18.7. The van der Waals surface area contributed by atoms with Crippen LogP contribution in [0.2, 0.25) is 0 Å². The number of carboxylic acid groups (broad SMARTS) is 1. The van der Waals surface area contributed by atoms with Gasteiger partial charge in [-0.2, -0.15) is 11.8 Å². The first-order valence-corrected chi connectivity index (χ1v) is 12.0. The van der Waals surface area contributed by atoms with Gasteiger partial charge in [0.15, 0.2) is 0 Å². The summed E-state index contributed by atoms with van der Waals surface area (Å²) in [4.78, 5) is 51.2. The number of nitrogens with zero attached hydrogens (tertiary/aromatic N) is 1. The Morgan fingerprint density at radius 3 is 2.32 bits per heavy atom. The molecule has 6 N–H and O–H groups in total. The fourth-order valence-electron chi connectivity index (χ4n) is 3.44. The molecule has 0 saturated carbocycles. The molecule has 1 aliphatic rings. The molecule has 0 spiro atoms. The Kier molecular flexibility index (Phi) is 11.3. The zero-order chi connectivity index (χ0) is 23.7. The van der Waals surface area contributed by atoms with Crippen LogP contribution in [0.1, 0.15) is 46.5 Å². The van der Waals surface area contributed by atoms with E-state index in [2.05, 4.69) is 10.6 Å². The number of nitrogens with one attached hydrogen (secondary N) is 2. The highest BCUT2D eigenvalue weighted by Crippen LogP contribution is 2.20. The molecule has 1 fully saturated rings. The highest BCUT2D eigenvalue weighted by molar-refractivity contribution is 7.98. The quantitative estimate of drug-likeness (QED) is 0.261. The van der Waals surface area contributed by atoms with Gasteiger partial charge in [-0.1, -0.05) is 13.8 Å². The summed E-state index contributed by atoms with van der Waals surface area (Å²) in [7, 11) is 0. The van der Waals surface area contributed by atoms with Crippen LogP contribution in [0.4, 0.5) is 0 Å². The van der Waals surface area contributed by atoms with Crippen molar-refractivity contribution in [2.75, 3.05) is 18.6 Å². The molecule has 178 valence electrons. The standard InChI is InChI=1S/C20H36N4O6S/c1-11(2)10-14(20(29)30)23-17(26)15-6-5-8-24(15)19(28)13(7-9-31-4)22-18(27)16(21)12(3)25/h11-16,25H,5-10,21H2,1-4H3,(H,22,27)(H,23,26)(H,29,30). The third-order valence-corrected chi connectivity index (χ3v) is 5.85. The number of hydrogen-bond acceptors (Lipinski definition) is 7.